The zero-order valence-electron chi connectivity index (χ0n) is 7.32. The molecule has 0 saturated heterocycles. The molecule has 0 spiro atoms. The number of nitriles is 1. The van der Waals surface area contributed by atoms with Crippen LogP contribution in [0.4, 0.5) is 0 Å². The summed E-state index contributed by atoms with van der Waals surface area (Å²) in [6.45, 7) is 4.01. The van der Waals surface area contributed by atoms with Gasteiger partial charge in [0.15, 0.2) is 0 Å². The zero-order valence-corrected chi connectivity index (χ0v) is 7.32. The second-order valence-corrected chi connectivity index (χ2v) is 2.86. The van der Waals surface area contributed by atoms with Crippen molar-refractivity contribution in [2.45, 2.75) is 19.8 Å². The van der Waals surface area contributed by atoms with E-state index in [4.69, 9.17) is 5.26 Å². The summed E-state index contributed by atoms with van der Waals surface area (Å²) < 4.78 is 0. The first-order valence-electron chi connectivity index (χ1n) is 4.16. The van der Waals surface area contributed by atoms with E-state index in [1.54, 1.807) is 0 Å². The van der Waals surface area contributed by atoms with Crippen molar-refractivity contribution in [2.75, 3.05) is 13.1 Å². The minimum absolute atomic E-state index is 0.907. The lowest BCUT2D eigenvalue weighted by Crippen LogP contribution is -2.14. The fourth-order valence-electron chi connectivity index (χ4n) is 1.15. The summed E-state index contributed by atoms with van der Waals surface area (Å²) in [5.41, 5.74) is 1.21. The Bertz CT molecular complexity index is 235. The van der Waals surface area contributed by atoms with Gasteiger partial charge in [-0.2, -0.15) is 10.4 Å². The average molecular weight is 163 g/mol. The van der Waals surface area contributed by atoms with Crippen LogP contribution in [0.1, 0.15) is 19.8 Å². The van der Waals surface area contributed by atoms with Crippen LogP contribution in [-0.4, -0.2) is 23.8 Å². The van der Waals surface area contributed by atoms with Crippen molar-refractivity contribution >= 4 is 5.71 Å². The first-order valence-corrected chi connectivity index (χ1v) is 4.16. The summed E-state index contributed by atoms with van der Waals surface area (Å²) in [7, 11) is 0. The smallest absolute Gasteiger partial charge is 0.0908 e. The van der Waals surface area contributed by atoms with Gasteiger partial charge < -0.3 is 0 Å². The van der Waals surface area contributed by atoms with E-state index < -0.39 is 0 Å². The SMILES string of the molecule is CC1=NN(CC/C=C/C#N)CC1. The Labute approximate surface area is 73.0 Å². The lowest BCUT2D eigenvalue weighted by molar-refractivity contribution is 0.325. The van der Waals surface area contributed by atoms with E-state index in [-0.39, 0.29) is 0 Å². The van der Waals surface area contributed by atoms with Gasteiger partial charge in [-0.25, -0.2) is 0 Å². The normalized spacial score (nSPS) is 16.7. The van der Waals surface area contributed by atoms with E-state index in [9.17, 15) is 0 Å². The first kappa shape index (κ1) is 8.79. The van der Waals surface area contributed by atoms with Crippen LogP contribution in [0.2, 0.25) is 0 Å². The summed E-state index contributed by atoms with van der Waals surface area (Å²) >= 11 is 0. The van der Waals surface area contributed by atoms with Crippen LogP contribution < -0.4 is 0 Å². The van der Waals surface area contributed by atoms with Crippen LogP contribution in [-0.2, 0) is 0 Å². The molecule has 0 fully saturated rings. The Morgan fingerprint density at radius 2 is 2.58 bits per heavy atom. The van der Waals surface area contributed by atoms with Crippen molar-refractivity contribution in [3.8, 4) is 6.07 Å². The molecule has 0 N–H and O–H groups in total. The summed E-state index contributed by atoms with van der Waals surface area (Å²) in [5.74, 6) is 0. The highest BCUT2D eigenvalue weighted by Crippen LogP contribution is 2.05. The van der Waals surface area contributed by atoms with Gasteiger partial charge in [0.25, 0.3) is 0 Å². The maximum absolute atomic E-state index is 8.22. The molecular formula is C9H13N3. The van der Waals surface area contributed by atoms with Crippen molar-refractivity contribution in [1.29, 1.82) is 5.26 Å². The van der Waals surface area contributed by atoms with Gasteiger partial charge in [0.1, 0.15) is 0 Å². The van der Waals surface area contributed by atoms with Gasteiger partial charge in [0.05, 0.1) is 6.07 Å². The monoisotopic (exact) mass is 163 g/mol. The molecule has 1 heterocycles. The van der Waals surface area contributed by atoms with Gasteiger partial charge in [-0.15, -0.1) is 0 Å². The quantitative estimate of drug-likeness (QED) is 0.592. The Morgan fingerprint density at radius 1 is 1.75 bits per heavy atom. The predicted molar refractivity (Wildman–Crippen MR) is 48.7 cm³/mol. The maximum atomic E-state index is 8.22. The molecule has 3 heteroatoms. The molecule has 3 nitrogen and oxygen atoms in total. The van der Waals surface area contributed by atoms with E-state index in [2.05, 4.69) is 10.1 Å². The van der Waals surface area contributed by atoms with Crippen LogP contribution >= 0.6 is 0 Å². The molecule has 0 atom stereocenters. The van der Waals surface area contributed by atoms with Gasteiger partial charge in [-0.05, 0) is 13.3 Å². The number of hydrogen-bond donors (Lipinski definition) is 0. The molecule has 1 aliphatic rings. The molecule has 0 aromatic heterocycles. The molecule has 1 aliphatic heterocycles. The van der Waals surface area contributed by atoms with Gasteiger partial charge in [-0.3, -0.25) is 5.01 Å². The molecule has 0 aromatic carbocycles. The number of nitrogens with zero attached hydrogens (tertiary/aromatic N) is 3. The third kappa shape index (κ3) is 2.75. The fourth-order valence-corrected chi connectivity index (χ4v) is 1.15. The molecule has 0 unspecified atom stereocenters. The minimum Gasteiger partial charge on any atom is -0.296 e. The molecule has 0 amide bonds. The summed E-state index contributed by atoms with van der Waals surface area (Å²) in [4.78, 5) is 0. The topological polar surface area (TPSA) is 39.4 Å². The third-order valence-electron chi connectivity index (χ3n) is 1.79. The van der Waals surface area contributed by atoms with Crippen LogP contribution in [0.3, 0.4) is 0 Å². The second kappa shape index (κ2) is 4.55. The highest BCUT2D eigenvalue weighted by atomic mass is 15.5. The summed E-state index contributed by atoms with van der Waals surface area (Å²) in [6, 6.07) is 1.97. The molecule has 0 aliphatic carbocycles. The Balaban J connectivity index is 2.17. The van der Waals surface area contributed by atoms with Crippen molar-refractivity contribution in [2.24, 2.45) is 5.10 Å². The highest BCUT2D eigenvalue weighted by molar-refractivity contribution is 5.82. The van der Waals surface area contributed by atoms with Crippen molar-refractivity contribution in [3.05, 3.63) is 12.2 Å². The van der Waals surface area contributed by atoms with Gasteiger partial charge in [0.2, 0.25) is 0 Å². The average Bonchev–Trinajstić information content (AvgIpc) is 2.45. The Kier molecular flexibility index (Phi) is 3.34. The Hall–Kier alpha value is -1.30. The molecule has 0 bridgehead atoms. The minimum atomic E-state index is 0.907. The van der Waals surface area contributed by atoms with Crippen molar-refractivity contribution in [1.82, 2.24) is 5.01 Å². The molecule has 1 rings (SSSR count). The van der Waals surface area contributed by atoms with Gasteiger partial charge in [0, 0.05) is 31.3 Å². The van der Waals surface area contributed by atoms with E-state index >= 15 is 0 Å². The summed E-state index contributed by atoms with van der Waals surface area (Å²) in [5, 5.41) is 14.6. The van der Waals surface area contributed by atoms with Gasteiger partial charge in [-0.1, -0.05) is 6.08 Å². The van der Waals surface area contributed by atoms with Gasteiger partial charge >= 0.3 is 0 Å². The van der Waals surface area contributed by atoms with Crippen LogP contribution in [0.25, 0.3) is 0 Å². The van der Waals surface area contributed by atoms with E-state index in [1.165, 1.54) is 11.8 Å². The van der Waals surface area contributed by atoms with E-state index in [1.807, 2.05) is 19.1 Å². The zero-order chi connectivity index (χ0) is 8.81. The Morgan fingerprint density at radius 3 is 3.17 bits per heavy atom. The number of hydrogen-bond acceptors (Lipinski definition) is 3. The predicted octanol–water partition coefficient (Wildman–Crippen LogP) is 1.54. The summed E-state index contributed by atoms with van der Waals surface area (Å²) in [6.07, 6.45) is 5.39. The molecule has 0 aromatic rings. The number of hydrazone groups is 1. The van der Waals surface area contributed by atoms with Crippen molar-refractivity contribution < 1.29 is 0 Å². The standard InChI is InChI=1S/C9H13N3/c1-9-5-8-12(11-9)7-4-2-3-6-10/h2-3H,4-5,7-8H2,1H3/b3-2+. The van der Waals surface area contributed by atoms with E-state index in [0.29, 0.717) is 0 Å². The lowest BCUT2D eigenvalue weighted by Gasteiger charge is -2.10. The van der Waals surface area contributed by atoms with E-state index in [0.717, 1.165) is 25.9 Å². The molecule has 0 radical (unpaired) electrons. The van der Waals surface area contributed by atoms with Crippen LogP contribution in [0.5, 0.6) is 0 Å². The second-order valence-electron chi connectivity index (χ2n) is 2.86. The van der Waals surface area contributed by atoms with Crippen LogP contribution in [0, 0.1) is 11.3 Å². The molecular weight excluding hydrogens is 150 g/mol. The van der Waals surface area contributed by atoms with Crippen molar-refractivity contribution in [3.63, 3.8) is 0 Å². The molecule has 0 saturated carbocycles. The number of rotatable bonds is 3. The lowest BCUT2D eigenvalue weighted by atomic mass is 10.3. The molecule has 12 heavy (non-hydrogen) atoms. The fraction of sp³-hybridized carbons (Fsp3) is 0.556. The molecule has 64 valence electrons. The maximum Gasteiger partial charge on any atom is 0.0908 e. The first-order chi connectivity index (χ1) is 5.83. The number of allylic oxidation sites excluding steroid dienone is 1. The highest BCUT2D eigenvalue weighted by Gasteiger charge is 2.08. The largest absolute Gasteiger partial charge is 0.296 e. The van der Waals surface area contributed by atoms with Crippen LogP contribution in [0.15, 0.2) is 17.3 Å². The third-order valence-corrected chi connectivity index (χ3v) is 1.79.